The molecule has 1 aliphatic heterocycles. The lowest BCUT2D eigenvalue weighted by atomic mass is 10.0. The maximum Gasteiger partial charge on any atom is 0.259 e. The molecule has 2 heterocycles. The molecule has 3 aromatic rings. The molecule has 0 spiro atoms. The summed E-state index contributed by atoms with van der Waals surface area (Å²) in [6, 6.07) is 19.1. The van der Waals surface area contributed by atoms with Crippen LogP contribution in [0.1, 0.15) is 34.8 Å². The van der Waals surface area contributed by atoms with Crippen molar-refractivity contribution in [2.45, 2.75) is 19.8 Å². The third-order valence-corrected chi connectivity index (χ3v) is 5.23. The number of aromatic nitrogens is 1. The minimum Gasteiger partial charge on any atom is -0.322 e. The van der Waals surface area contributed by atoms with Gasteiger partial charge in [0.2, 0.25) is 5.91 Å². The second kappa shape index (κ2) is 8.74. The van der Waals surface area contributed by atoms with Crippen LogP contribution in [0.2, 0.25) is 0 Å². The van der Waals surface area contributed by atoms with Crippen LogP contribution in [-0.2, 0) is 11.2 Å². The van der Waals surface area contributed by atoms with Gasteiger partial charge in [0.25, 0.3) is 5.91 Å². The highest BCUT2D eigenvalue weighted by molar-refractivity contribution is 6.08. The largest absolute Gasteiger partial charge is 0.322 e. The van der Waals surface area contributed by atoms with Crippen molar-refractivity contribution in [2.24, 2.45) is 0 Å². The second-order valence-corrected chi connectivity index (χ2v) is 7.17. The van der Waals surface area contributed by atoms with Gasteiger partial charge in [0.05, 0.1) is 5.56 Å². The van der Waals surface area contributed by atoms with Crippen LogP contribution in [0.5, 0.6) is 0 Å². The molecule has 2 aromatic carbocycles. The Kier molecular flexibility index (Phi) is 5.70. The zero-order chi connectivity index (χ0) is 20.9. The van der Waals surface area contributed by atoms with Gasteiger partial charge in [-0.3, -0.25) is 14.6 Å². The number of hydrogen-bond acceptors (Lipinski definition) is 3. The van der Waals surface area contributed by atoms with Gasteiger partial charge in [-0.15, -0.1) is 0 Å². The van der Waals surface area contributed by atoms with E-state index in [1.807, 2.05) is 55.5 Å². The van der Waals surface area contributed by atoms with Crippen molar-refractivity contribution >= 4 is 28.8 Å². The molecule has 0 atom stereocenters. The van der Waals surface area contributed by atoms with E-state index in [9.17, 15) is 9.59 Å². The number of nitrogens with one attached hydrogen (secondary N) is 1. The SMILES string of the molecule is CC/C(=C\C(=O)Nc1ccc2c(c1)CCN2C(=O)c1cccnc1)c1ccccc1. The lowest BCUT2D eigenvalue weighted by Crippen LogP contribution is -2.28. The standard InChI is InChI=1S/C25H23N3O2/c1-2-18(19-7-4-3-5-8-19)16-24(29)27-22-10-11-23-20(15-22)12-14-28(23)25(30)21-9-6-13-26-17-21/h3-11,13,15-17H,2,12,14H2,1H3,(H,27,29)/b18-16+. The third-order valence-electron chi connectivity index (χ3n) is 5.23. The monoisotopic (exact) mass is 397 g/mol. The molecule has 5 heteroatoms. The predicted molar refractivity (Wildman–Crippen MR) is 119 cm³/mol. The number of pyridine rings is 1. The zero-order valence-electron chi connectivity index (χ0n) is 16.8. The van der Waals surface area contributed by atoms with Crippen molar-refractivity contribution < 1.29 is 9.59 Å². The zero-order valence-corrected chi connectivity index (χ0v) is 16.8. The Balaban J connectivity index is 1.49. The second-order valence-electron chi connectivity index (χ2n) is 7.17. The molecule has 30 heavy (non-hydrogen) atoms. The van der Waals surface area contributed by atoms with Crippen LogP contribution >= 0.6 is 0 Å². The van der Waals surface area contributed by atoms with Crippen molar-refractivity contribution in [3.8, 4) is 0 Å². The number of rotatable bonds is 5. The fourth-order valence-corrected chi connectivity index (χ4v) is 3.71. The first-order valence-electron chi connectivity index (χ1n) is 10.1. The molecule has 0 saturated carbocycles. The molecule has 0 fully saturated rings. The molecule has 1 aromatic heterocycles. The summed E-state index contributed by atoms with van der Waals surface area (Å²) in [5.41, 5.74) is 5.27. The first-order valence-corrected chi connectivity index (χ1v) is 10.1. The van der Waals surface area contributed by atoms with Gasteiger partial charge < -0.3 is 10.2 Å². The number of anilines is 2. The van der Waals surface area contributed by atoms with Gasteiger partial charge in [0.15, 0.2) is 0 Å². The lowest BCUT2D eigenvalue weighted by Gasteiger charge is -2.17. The van der Waals surface area contributed by atoms with Crippen LogP contribution < -0.4 is 10.2 Å². The molecule has 2 amide bonds. The number of amides is 2. The summed E-state index contributed by atoms with van der Waals surface area (Å²) in [7, 11) is 0. The highest BCUT2D eigenvalue weighted by Gasteiger charge is 2.26. The lowest BCUT2D eigenvalue weighted by molar-refractivity contribution is -0.111. The van der Waals surface area contributed by atoms with Crippen molar-refractivity contribution in [2.75, 3.05) is 16.8 Å². The van der Waals surface area contributed by atoms with E-state index in [4.69, 9.17) is 0 Å². The van der Waals surface area contributed by atoms with Crippen LogP contribution in [0.3, 0.4) is 0 Å². The molecular weight excluding hydrogens is 374 g/mol. The number of hydrogen-bond donors (Lipinski definition) is 1. The number of carbonyl (C=O) groups is 2. The van der Waals surface area contributed by atoms with Gasteiger partial charge in [-0.2, -0.15) is 0 Å². The third kappa shape index (κ3) is 4.15. The maximum absolute atomic E-state index is 12.8. The van der Waals surface area contributed by atoms with E-state index >= 15 is 0 Å². The van der Waals surface area contributed by atoms with E-state index in [0.717, 1.165) is 40.9 Å². The van der Waals surface area contributed by atoms with Crippen LogP contribution in [-0.4, -0.2) is 23.3 Å². The minimum atomic E-state index is -0.156. The average molecular weight is 397 g/mol. The first kappa shape index (κ1) is 19.6. The molecule has 1 aliphatic rings. The smallest absolute Gasteiger partial charge is 0.259 e. The maximum atomic E-state index is 12.8. The van der Waals surface area contributed by atoms with Crippen molar-refractivity contribution in [1.29, 1.82) is 0 Å². The molecule has 0 saturated heterocycles. The molecule has 0 aliphatic carbocycles. The van der Waals surface area contributed by atoms with Crippen molar-refractivity contribution in [3.05, 3.63) is 95.8 Å². The number of carbonyl (C=O) groups excluding carboxylic acids is 2. The van der Waals surface area contributed by atoms with Crippen LogP contribution in [0.4, 0.5) is 11.4 Å². The van der Waals surface area contributed by atoms with E-state index in [0.29, 0.717) is 12.1 Å². The first-order chi connectivity index (χ1) is 14.7. The average Bonchev–Trinajstić information content (AvgIpc) is 3.21. The van der Waals surface area contributed by atoms with Gasteiger partial charge in [-0.1, -0.05) is 37.3 Å². The van der Waals surface area contributed by atoms with Crippen molar-refractivity contribution in [3.63, 3.8) is 0 Å². The molecular formula is C25H23N3O2. The number of benzene rings is 2. The Morgan fingerprint density at radius 2 is 1.87 bits per heavy atom. The molecule has 0 radical (unpaired) electrons. The number of nitrogens with zero attached hydrogens (tertiary/aromatic N) is 2. The Hall–Kier alpha value is -3.73. The number of allylic oxidation sites excluding steroid dienone is 1. The van der Waals surface area contributed by atoms with Gasteiger partial charge in [-0.05, 0) is 59.9 Å². The van der Waals surface area contributed by atoms with Gasteiger partial charge in [-0.25, -0.2) is 0 Å². The number of fused-ring (bicyclic) bond motifs is 1. The van der Waals surface area contributed by atoms with Crippen LogP contribution in [0.15, 0.2) is 79.1 Å². The highest BCUT2D eigenvalue weighted by atomic mass is 16.2. The normalized spacial score (nSPS) is 13.1. The quantitative estimate of drug-likeness (QED) is 0.634. The molecule has 0 bridgehead atoms. The predicted octanol–water partition coefficient (Wildman–Crippen LogP) is 4.72. The Bertz CT molecular complexity index is 1090. The summed E-state index contributed by atoms with van der Waals surface area (Å²) in [6.45, 7) is 2.66. The summed E-state index contributed by atoms with van der Waals surface area (Å²) < 4.78 is 0. The van der Waals surface area contributed by atoms with Crippen LogP contribution in [0, 0.1) is 0 Å². The van der Waals surface area contributed by atoms with Gasteiger partial charge >= 0.3 is 0 Å². The molecule has 5 nitrogen and oxygen atoms in total. The molecule has 4 rings (SSSR count). The fraction of sp³-hybridized carbons (Fsp3) is 0.160. The Labute approximate surface area is 176 Å². The Morgan fingerprint density at radius 3 is 2.60 bits per heavy atom. The summed E-state index contributed by atoms with van der Waals surface area (Å²) in [5, 5.41) is 2.95. The summed E-state index contributed by atoms with van der Waals surface area (Å²) in [5.74, 6) is -0.214. The van der Waals surface area contributed by atoms with Gasteiger partial charge in [0.1, 0.15) is 0 Å². The Morgan fingerprint density at radius 1 is 1.07 bits per heavy atom. The fourth-order valence-electron chi connectivity index (χ4n) is 3.71. The van der Waals surface area contributed by atoms with E-state index in [1.54, 1.807) is 35.5 Å². The topological polar surface area (TPSA) is 62.3 Å². The van der Waals surface area contributed by atoms with Crippen LogP contribution in [0.25, 0.3) is 5.57 Å². The van der Waals surface area contributed by atoms with E-state index < -0.39 is 0 Å². The highest BCUT2D eigenvalue weighted by Crippen LogP contribution is 2.31. The minimum absolute atomic E-state index is 0.0583. The van der Waals surface area contributed by atoms with E-state index in [2.05, 4.69) is 10.3 Å². The summed E-state index contributed by atoms with van der Waals surface area (Å²) >= 11 is 0. The summed E-state index contributed by atoms with van der Waals surface area (Å²) in [4.78, 5) is 31.1. The molecule has 0 unspecified atom stereocenters. The van der Waals surface area contributed by atoms with Crippen molar-refractivity contribution in [1.82, 2.24) is 4.98 Å². The van der Waals surface area contributed by atoms with Gasteiger partial charge in [0, 0.05) is 36.4 Å². The summed E-state index contributed by atoms with van der Waals surface area (Å²) in [6.07, 6.45) is 6.41. The molecule has 1 N–H and O–H groups in total. The molecule has 150 valence electrons. The van der Waals surface area contributed by atoms with E-state index in [1.165, 1.54) is 0 Å². The van der Waals surface area contributed by atoms with E-state index in [-0.39, 0.29) is 11.8 Å².